The van der Waals surface area contributed by atoms with Crippen LogP contribution in [-0.4, -0.2) is 18.3 Å². The smallest absolute Gasteiger partial charge is 0.161 e. The van der Waals surface area contributed by atoms with Crippen molar-refractivity contribution in [3.63, 3.8) is 0 Å². The Bertz CT molecular complexity index is 394. The number of ether oxygens (including phenoxy) is 1. The van der Waals surface area contributed by atoms with Crippen molar-refractivity contribution in [2.24, 2.45) is 5.73 Å². The van der Waals surface area contributed by atoms with Crippen LogP contribution in [0.3, 0.4) is 0 Å². The van der Waals surface area contributed by atoms with Gasteiger partial charge < -0.3 is 15.6 Å². The quantitative estimate of drug-likeness (QED) is 0.783. The Morgan fingerprint density at radius 2 is 2.17 bits per heavy atom. The topological polar surface area (TPSA) is 55.5 Å². The normalized spacial score (nSPS) is 11.5. The maximum Gasteiger partial charge on any atom is 0.161 e. The lowest BCUT2D eigenvalue weighted by Gasteiger charge is -2.14. The third-order valence-electron chi connectivity index (χ3n) is 2.82. The summed E-state index contributed by atoms with van der Waals surface area (Å²) in [6.07, 6.45) is 4.12. The number of methoxy groups -OCH3 is 1. The van der Waals surface area contributed by atoms with Crippen molar-refractivity contribution in [1.29, 1.82) is 0 Å². The predicted molar refractivity (Wildman–Crippen MR) is 77.8 cm³/mol. The van der Waals surface area contributed by atoms with Gasteiger partial charge >= 0.3 is 0 Å². The van der Waals surface area contributed by atoms with Crippen molar-refractivity contribution >= 4 is 12.4 Å². The highest BCUT2D eigenvalue weighted by Gasteiger charge is 2.12. The zero-order chi connectivity index (χ0) is 12.8. The number of phenols is 1. The Labute approximate surface area is 115 Å². The van der Waals surface area contributed by atoms with Gasteiger partial charge in [0.15, 0.2) is 11.5 Å². The van der Waals surface area contributed by atoms with E-state index in [1.165, 1.54) is 0 Å². The Hall–Kier alpha value is -1.19. The second kappa shape index (κ2) is 8.01. The van der Waals surface area contributed by atoms with Gasteiger partial charge in [-0.05, 0) is 36.5 Å². The molecule has 0 spiro atoms. The average molecular weight is 272 g/mol. The first-order valence-electron chi connectivity index (χ1n) is 5.87. The number of allylic oxidation sites excluding steroid dienone is 1. The van der Waals surface area contributed by atoms with E-state index >= 15 is 0 Å². The second-order valence-corrected chi connectivity index (χ2v) is 4.17. The molecule has 0 radical (unpaired) electrons. The van der Waals surface area contributed by atoms with Crippen LogP contribution in [0.25, 0.3) is 0 Å². The van der Waals surface area contributed by atoms with E-state index in [0.717, 1.165) is 24.0 Å². The van der Waals surface area contributed by atoms with Crippen molar-refractivity contribution in [2.75, 3.05) is 7.11 Å². The number of nitrogens with two attached hydrogens (primary N) is 1. The lowest BCUT2D eigenvalue weighted by molar-refractivity contribution is 0.369. The van der Waals surface area contributed by atoms with Crippen LogP contribution in [0, 0.1) is 0 Å². The van der Waals surface area contributed by atoms with Crippen LogP contribution in [0.1, 0.15) is 24.5 Å². The second-order valence-electron chi connectivity index (χ2n) is 4.17. The van der Waals surface area contributed by atoms with Crippen LogP contribution in [0.2, 0.25) is 0 Å². The van der Waals surface area contributed by atoms with Gasteiger partial charge in [0.1, 0.15) is 0 Å². The number of hydrogen-bond donors (Lipinski definition) is 2. The molecule has 0 fully saturated rings. The van der Waals surface area contributed by atoms with E-state index in [1.807, 2.05) is 25.1 Å². The number of benzene rings is 1. The molecule has 0 aromatic heterocycles. The summed E-state index contributed by atoms with van der Waals surface area (Å²) in [5.74, 6) is 0.701. The zero-order valence-electron chi connectivity index (χ0n) is 11.0. The molecule has 102 valence electrons. The molecule has 0 heterocycles. The van der Waals surface area contributed by atoms with E-state index in [0.29, 0.717) is 12.2 Å². The van der Waals surface area contributed by atoms with E-state index < -0.39 is 0 Å². The van der Waals surface area contributed by atoms with Gasteiger partial charge in [0.2, 0.25) is 0 Å². The molecule has 1 unspecified atom stereocenters. The van der Waals surface area contributed by atoms with Gasteiger partial charge in [0.05, 0.1) is 7.11 Å². The molecule has 0 saturated carbocycles. The summed E-state index contributed by atoms with van der Waals surface area (Å²) < 4.78 is 5.16. The monoisotopic (exact) mass is 271 g/mol. The molecule has 0 aliphatic carbocycles. The molecular formula is C14H22ClNO2. The molecule has 0 saturated heterocycles. The van der Waals surface area contributed by atoms with Crippen LogP contribution in [0.5, 0.6) is 11.5 Å². The first-order valence-corrected chi connectivity index (χ1v) is 5.87. The van der Waals surface area contributed by atoms with Crippen molar-refractivity contribution in [1.82, 2.24) is 0 Å². The Morgan fingerprint density at radius 3 is 2.67 bits per heavy atom. The maximum absolute atomic E-state index is 10.0. The van der Waals surface area contributed by atoms with E-state index in [-0.39, 0.29) is 24.2 Å². The molecule has 3 nitrogen and oxygen atoms in total. The highest BCUT2D eigenvalue weighted by molar-refractivity contribution is 5.85. The number of hydrogen-bond acceptors (Lipinski definition) is 3. The predicted octanol–water partition coefficient (Wildman–Crippen LogP) is 2.83. The Balaban J connectivity index is 0.00000289. The molecule has 1 aromatic rings. The Morgan fingerprint density at radius 1 is 1.50 bits per heavy atom. The lowest BCUT2D eigenvalue weighted by atomic mass is 9.99. The Kier molecular flexibility index (Phi) is 7.48. The van der Waals surface area contributed by atoms with E-state index in [2.05, 4.69) is 6.58 Å². The van der Waals surface area contributed by atoms with Crippen LogP contribution in [0.4, 0.5) is 0 Å². The zero-order valence-corrected chi connectivity index (χ0v) is 11.8. The summed E-state index contributed by atoms with van der Waals surface area (Å²) in [7, 11) is 1.55. The van der Waals surface area contributed by atoms with E-state index in [4.69, 9.17) is 10.5 Å². The fourth-order valence-electron chi connectivity index (χ4n) is 1.75. The maximum atomic E-state index is 10.0. The van der Waals surface area contributed by atoms with Gasteiger partial charge in [0, 0.05) is 6.04 Å². The van der Waals surface area contributed by atoms with E-state index in [1.54, 1.807) is 7.11 Å². The fourth-order valence-corrected chi connectivity index (χ4v) is 1.75. The van der Waals surface area contributed by atoms with Gasteiger partial charge in [-0.3, -0.25) is 0 Å². The third-order valence-corrected chi connectivity index (χ3v) is 2.82. The van der Waals surface area contributed by atoms with Crippen molar-refractivity contribution in [3.8, 4) is 11.5 Å². The molecule has 3 N–H and O–H groups in total. The minimum Gasteiger partial charge on any atom is -0.504 e. The number of halogens is 1. The highest BCUT2D eigenvalue weighted by atomic mass is 35.5. The average Bonchev–Trinajstić information content (AvgIpc) is 2.33. The molecule has 1 atom stereocenters. The molecule has 0 amide bonds. The van der Waals surface area contributed by atoms with Gasteiger partial charge in [-0.1, -0.05) is 19.1 Å². The standard InChI is InChI=1S/C14H21NO2.ClH/c1-4-6-10-7-11(9-12(15)5-2)14(16)13(8-10)17-3;/h4,7-8,12,16H,1,5-6,9,15H2,2-3H3;1H. The number of phenolic OH excluding ortho intramolecular Hbond substituents is 1. The minimum atomic E-state index is 0. The number of rotatable bonds is 6. The summed E-state index contributed by atoms with van der Waals surface area (Å²) in [4.78, 5) is 0. The SMILES string of the molecule is C=CCc1cc(CC(N)CC)c(O)c(OC)c1.Cl. The molecule has 0 aliphatic rings. The van der Waals surface area contributed by atoms with Crippen LogP contribution >= 0.6 is 12.4 Å². The molecule has 0 aliphatic heterocycles. The van der Waals surface area contributed by atoms with Crippen LogP contribution < -0.4 is 10.5 Å². The molecule has 1 rings (SSSR count). The first-order chi connectivity index (χ1) is 8.12. The van der Waals surface area contributed by atoms with Crippen LogP contribution in [-0.2, 0) is 12.8 Å². The van der Waals surface area contributed by atoms with Crippen molar-refractivity contribution < 1.29 is 9.84 Å². The van der Waals surface area contributed by atoms with Gasteiger partial charge in [-0.15, -0.1) is 19.0 Å². The molecular weight excluding hydrogens is 250 g/mol. The van der Waals surface area contributed by atoms with Gasteiger partial charge in [0.25, 0.3) is 0 Å². The van der Waals surface area contributed by atoms with E-state index in [9.17, 15) is 5.11 Å². The highest BCUT2D eigenvalue weighted by Crippen LogP contribution is 2.32. The molecule has 0 bridgehead atoms. The lowest BCUT2D eigenvalue weighted by Crippen LogP contribution is -2.21. The van der Waals surface area contributed by atoms with Gasteiger partial charge in [-0.2, -0.15) is 0 Å². The largest absolute Gasteiger partial charge is 0.504 e. The third kappa shape index (κ3) is 4.24. The molecule has 4 heteroatoms. The number of aromatic hydroxyl groups is 1. The first kappa shape index (κ1) is 16.8. The molecule has 1 aromatic carbocycles. The summed E-state index contributed by atoms with van der Waals surface area (Å²) in [5.41, 5.74) is 7.84. The van der Waals surface area contributed by atoms with Crippen molar-refractivity contribution in [2.45, 2.75) is 32.2 Å². The summed E-state index contributed by atoms with van der Waals surface area (Å²) in [5, 5.41) is 10.0. The fraction of sp³-hybridized carbons (Fsp3) is 0.429. The summed E-state index contributed by atoms with van der Waals surface area (Å²) >= 11 is 0. The van der Waals surface area contributed by atoms with Crippen LogP contribution in [0.15, 0.2) is 24.8 Å². The summed E-state index contributed by atoms with van der Waals surface area (Å²) in [6.45, 7) is 5.75. The van der Waals surface area contributed by atoms with Crippen molar-refractivity contribution in [3.05, 3.63) is 35.9 Å². The van der Waals surface area contributed by atoms with Gasteiger partial charge in [-0.25, -0.2) is 0 Å². The molecule has 18 heavy (non-hydrogen) atoms. The summed E-state index contributed by atoms with van der Waals surface area (Å²) in [6, 6.07) is 3.86. The minimum absolute atomic E-state index is 0.